The van der Waals surface area contributed by atoms with Gasteiger partial charge in [0.25, 0.3) is 0 Å². The summed E-state index contributed by atoms with van der Waals surface area (Å²) in [6.07, 6.45) is 9.62. The van der Waals surface area contributed by atoms with Crippen molar-refractivity contribution >= 4 is 5.97 Å². The molecule has 110 valence electrons. The van der Waals surface area contributed by atoms with E-state index in [1.165, 1.54) is 38.5 Å². The van der Waals surface area contributed by atoms with E-state index in [1.54, 1.807) is 0 Å². The number of benzene rings is 1. The molecule has 0 radical (unpaired) electrons. The average Bonchev–Trinajstić information content (AvgIpc) is 2.46. The van der Waals surface area contributed by atoms with Crippen LogP contribution in [0.1, 0.15) is 67.8 Å². The highest BCUT2D eigenvalue weighted by atomic mass is 16.5. The summed E-state index contributed by atoms with van der Waals surface area (Å²) >= 11 is 0. The Hall–Kier alpha value is -1.31. The summed E-state index contributed by atoms with van der Waals surface area (Å²) in [4.78, 5) is 12.2. The quantitative estimate of drug-likeness (QED) is 0.637. The van der Waals surface area contributed by atoms with Crippen molar-refractivity contribution in [3.8, 4) is 0 Å². The zero-order valence-electron chi connectivity index (χ0n) is 12.6. The predicted octanol–water partition coefficient (Wildman–Crippen LogP) is 4.77. The van der Waals surface area contributed by atoms with Gasteiger partial charge in [-0.15, -0.1) is 0 Å². The molecule has 2 nitrogen and oxygen atoms in total. The summed E-state index contributed by atoms with van der Waals surface area (Å²) in [6, 6.07) is 7.89. The summed E-state index contributed by atoms with van der Waals surface area (Å²) < 4.78 is 5.44. The van der Waals surface area contributed by atoms with Crippen LogP contribution in [0.15, 0.2) is 24.3 Å². The molecule has 0 bridgehead atoms. The number of esters is 1. The van der Waals surface area contributed by atoms with Crippen LogP contribution in [0.3, 0.4) is 0 Å². The lowest BCUT2D eigenvalue weighted by Crippen LogP contribution is -2.11. The molecule has 0 fully saturated rings. The van der Waals surface area contributed by atoms with Gasteiger partial charge in [-0.3, -0.25) is 0 Å². The summed E-state index contributed by atoms with van der Waals surface area (Å²) in [5.74, 6) is 0.505. The summed E-state index contributed by atoms with van der Waals surface area (Å²) in [5, 5.41) is 0. The number of aryl methyl sites for hydroxylation is 1. The van der Waals surface area contributed by atoms with Gasteiger partial charge in [0, 0.05) is 0 Å². The van der Waals surface area contributed by atoms with E-state index in [2.05, 4.69) is 13.0 Å². The van der Waals surface area contributed by atoms with E-state index in [4.69, 9.17) is 4.74 Å². The van der Waals surface area contributed by atoms with Gasteiger partial charge in [-0.1, -0.05) is 57.2 Å². The Labute approximate surface area is 122 Å². The van der Waals surface area contributed by atoms with Gasteiger partial charge in [0.15, 0.2) is 0 Å². The third kappa shape index (κ3) is 4.66. The van der Waals surface area contributed by atoms with Crippen LogP contribution >= 0.6 is 0 Å². The number of fused-ring (bicyclic) bond motifs is 1. The smallest absolute Gasteiger partial charge is 0.338 e. The number of hydrogen-bond acceptors (Lipinski definition) is 2. The SMILES string of the molecule is CC1CCCCCCCc2ccccc2C(=O)OCC1. The molecular formula is C18H26O2. The van der Waals surface area contributed by atoms with Crippen LogP contribution < -0.4 is 0 Å². The number of rotatable bonds is 0. The highest BCUT2D eigenvalue weighted by molar-refractivity contribution is 5.91. The molecule has 0 saturated carbocycles. The Bertz CT molecular complexity index is 425. The van der Waals surface area contributed by atoms with E-state index in [-0.39, 0.29) is 5.97 Å². The molecule has 0 aromatic heterocycles. The summed E-state index contributed by atoms with van der Waals surface area (Å²) in [7, 11) is 0. The van der Waals surface area contributed by atoms with Crippen molar-refractivity contribution in [1.29, 1.82) is 0 Å². The standard InChI is InChI=1S/C18H26O2/c1-15-9-5-3-2-4-6-10-16-11-7-8-12-17(16)18(19)20-14-13-15/h7-8,11-12,15H,2-6,9-10,13-14H2,1H3. The monoisotopic (exact) mass is 274 g/mol. The van der Waals surface area contributed by atoms with Crippen molar-refractivity contribution in [3.05, 3.63) is 35.4 Å². The predicted molar refractivity (Wildman–Crippen MR) is 81.9 cm³/mol. The highest BCUT2D eigenvalue weighted by Gasteiger charge is 2.13. The third-order valence-corrected chi connectivity index (χ3v) is 4.22. The van der Waals surface area contributed by atoms with Gasteiger partial charge >= 0.3 is 5.97 Å². The molecular weight excluding hydrogens is 248 g/mol. The maximum atomic E-state index is 12.2. The minimum Gasteiger partial charge on any atom is -0.462 e. The van der Waals surface area contributed by atoms with E-state index in [0.29, 0.717) is 12.5 Å². The Kier molecular flexibility index (Phi) is 6.10. The fraction of sp³-hybridized carbons (Fsp3) is 0.611. The van der Waals surface area contributed by atoms with Crippen LogP contribution in [-0.4, -0.2) is 12.6 Å². The molecule has 2 rings (SSSR count). The van der Waals surface area contributed by atoms with Crippen LogP contribution in [0.5, 0.6) is 0 Å². The number of carbonyl (C=O) groups is 1. The van der Waals surface area contributed by atoms with Crippen molar-refractivity contribution in [1.82, 2.24) is 0 Å². The van der Waals surface area contributed by atoms with E-state index >= 15 is 0 Å². The van der Waals surface area contributed by atoms with Gasteiger partial charge in [0.1, 0.15) is 0 Å². The lowest BCUT2D eigenvalue weighted by atomic mass is 9.97. The fourth-order valence-corrected chi connectivity index (χ4v) is 2.85. The van der Waals surface area contributed by atoms with Crippen molar-refractivity contribution in [2.45, 2.75) is 58.3 Å². The largest absolute Gasteiger partial charge is 0.462 e. The van der Waals surface area contributed by atoms with Gasteiger partial charge in [-0.2, -0.15) is 0 Å². The van der Waals surface area contributed by atoms with Gasteiger partial charge in [0.05, 0.1) is 12.2 Å². The first kappa shape index (κ1) is 15.1. The minimum absolute atomic E-state index is 0.148. The van der Waals surface area contributed by atoms with Crippen molar-refractivity contribution in [2.75, 3.05) is 6.61 Å². The number of cyclic esters (lactones) is 1. The van der Waals surface area contributed by atoms with Crippen molar-refractivity contribution in [3.63, 3.8) is 0 Å². The Balaban J connectivity index is 2.04. The van der Waals surface area contributed by atoms with E-state index in [9.17, 15) is 4.79 Å². The number of hydrogen-bond donors (Lipinski definition) is 0. The molecule has 1 aliphatic heterocycles. The second-order valence-corrected chi connectivity index (χ2v) is 5.99. The lowest BCUT2D eigenvalue weighted by molar-refractivity contribution is 0.0482. The molecule has 20 heavy (non-hydrogen) atoms. The Morgan fingerprint density at radius 1 is 1.00 bits per heavy atom. The minimum atomic E-state index is -0.148. The lowest BCUT2D eigenvalue weighted by Gasteiger charge is -2.14. The Morgan fingerprint density at radius 3 is 2.65 bits per heavy atom. The average molecular weight is 274 g/mol. The molecule has 2 heteroatoms. The maximum Gasteiger partial charge on any atom is 0.338 e. The first-order chi connectivity index (χ1) is 9.77. The molecule has 1 aromatic rings. The van der Waals surface area contributed by atoms with Crippen molar-refractivity contribution in [2.24, 2.45) is 5.92 Å². The fourth-order valence-electron chi connectivity index (χ4n) is 2.85. The molecule has 0 saturated heterocycles. The van der Waals surface area contributed by atoms with Gasteiger partial charge in [-0.05, 0) is 36.8 Å². The van der Waals surface area contributed by atoms with Crippen LogP contribution in [0.25, 0.3) is 0 Å². The van der Waals surface area contributed by atoms with E-state index < -0.39 is 0 Å². The normalized spacial score (nSPS) is 22.4. The molecule has 1 heterocycles. The van der Waals surface area contributed by atoms with E-state index in [0.717, 1.165) is 24.0 Å². The summed E-state index contributed by atoms with van der Waals surface area (Å²) in [6.45, 7) is 2.81. The maximum absolute atomic E-state index is 12.2. The molecule has 1 aromatic carbocycles. The number of carbonyl (C=O) groups excluding carboxylic acids is 1. The summed E-state index contributed by atoms with van der Waals surface area (Å²) in [5.41, 5.74) is 1.90. The van der Waals surface area contributed by atoms with Crippen LogP contribution in [-0.2, 0) is 11.2 Å². The number of ether oxygens (including phenoxy) is 1. The molecule has 0 aliphatic carbocycles. The second-order valence-electron chi connectivity index (χ2n) is 5.99. The first-order valence-electron chi connectivity index (χ1n) is 8.02. The molecule has 1 unspecified atom stereocenters. The molecule has 0 amide bonds. The van der Waals surface area contributed by atoms with Gasteiger partial charge < -0.3 is 4.74 Å². The van der Waals surface area contributed by atoms with E-state index in [1.807, 2.05) is 18.2 Å². The highest BCUT2D eigenvalue weighted by Crippen LogP contribution is 2.18. The van der Waals surface area contributed by atoms with Gasteiger partial charge in [0.2, 0.25) is 0 Å². The molecule has 0 N–H and O–H groups in total. The second kappa shape index (κ2) is 8.08. The topological polar surface area (TPSA) is 26.3 Å². The van der Waals surface area contributed by atoms with Crippen LogP contribution in [0, 0.1) is 5.92 Å². The first-order valence-corrected chi connectivity index (χ1v) is 8.02. The zero-order chi connectivity index (χ0) is 14.2. The van der Waals surface area contributed by atoms with Crippen molar-refractivity contribution < 1.29 is 9.53 Å². The van der Waals surface area contributed by atoms with Crippen LogP contribution in [0.4, 0.5) is 0 Å². The molecule has 1 atom stereocenters. The van der Waals surface area contributed by atoms with Crippen LogP contribution in [0.2, 0.25) is 0 Å². The van der Waals surface area contributed by atoms with Gasteiger partial charge in [-0.25, -0.2) is 4.79 Å². The zero-order valence-corrected chi connectivity index (χ0v) is 12.6. The third-order valence-electron chi connectivity index (χ3n) is 4.22. The Morgan fingerprint density at radius 2 is 1.75 bits per heavy atom. The molecule has 0 spiro atoms. The molecule has 1 aliphatic rings.